The minimum atomic E-state index is -0.0107. The van der Waals surface area contributed by atoms with Crippen LogP contribution in [0.1, 0.15) is 18.1 Å². The summed E-state index contributed by atoms with van der Waals surface area (Å²) in [7, 11) is 0. The molecule has 0 bridgehead atoms. The highest BCUT2D eigenvalue weighted by Gasteiger charge is 2.24. The molecule has 5 nitrogen and oxygen atoms in total. The molecule has 1 aromatic rings. The van der Waals surface area contributed by atoms with Crippen molar-refractivity contribution in [3.63, 3.8) is 0 Å². The monoisotopic (exact) mass is 291 g/mol. The van der Waals surface area contributed by atoms with Crippen LogP contribution in [0.2, 0.25) is 0 Å². The van der Waals surface area contributed by atoms with Crippen LogP contribution in [-0.2, 0) is 16.1 Å². The largest absolute Gasteiger partial charge is 0.374 e. The summed E-state index contributed by atoms with van der Waals surface area (Å²) in [6.45, 7) is 7.09. The summed E-state index contributed by atoms with van der Waals surface area (Å²) in [4.78, 5) is 14.1. The number of aryl methyl sites for hydroxylation is 1. The van der Waals surface area contributed by atoms with Crippen molar-refractivity contribution >= 4 is 5.91 Å². The van der Waals surface area contributed by atoms with Crippen molar-refractivity contribution in [3.8, 4) is 0 Å². The molecular formula is C16H25N3O2. The predicted octanol–water partition coefficient (Wildman–Crippen LogP) is 0.659. The van der Waals surface area contributed by atoms with Crippen molar-refractivity contribution in [3.05, 3.63) is 35.4 Å². The predicted molar refractivity (Wildman–Crippen MR) is 82.9 cm³/mol. The van der Waals surface area contributed by atoms with E-state index < -0.39 is 0 Å². The van der Waals surface area contributed by atoms with E-state index in [9.17, 15) is 4.79 Å². The number of nitrogens with zero attached hydrogens (tertiary/aromatic N) is 1. The Labute approximate surface area is 126 Å². The summed E-state index contributed by atoms with van der Waals surface area (Å²) in [6, 6.07) is 8.17. The van der Waals surface area contributed by atoms with E-state index in [2.05, 4.69) is 29.3 Å². The van der Waals surface area contributed by atoms with Crippen molar-refractivity contribution in [2.24, 2.45) is 5.73 Å². The first-order valence-electron chi connectivity index (χ1n) is 7.46. The molecule has 0 radical (unpaired) electrons. The van der Waals surface area contributed by atoms with Crippen molar-refractivity contribution in [1.82, 2.24) is 10.2 Å². The molecule has 1 aliphatic rings. The van der Waals surface area contributed by atoms with E-state index in [0.29, 0.717) is 19.7 Å². The Bertz CT molecular complexity index is 459. The minimum absolute atomic E-state index is 0.0107. The Morgan fingerprint density at radius 3 is 2.86 bits per heavy atom. The first-order valence-corrected chi connectivity index (χ1v) is 7.46. The second-order valence-electron chi connectivity index (χ2n) is 5.77. The van der Waals surface area contributed by atoms with Crippen molar-refractivity contribution in [2.45, 2.75) is 32.5 Å². The van der Waals surface area contributed by atoms with Crippen molar-refractivity contribution in [2.75, 3.05) is 26.2 Å². The molecule has 2 rings (SSSR count). The molecule has 5 heteroatoms. The molecule has 1 amide bonds. The van der Waals surface area contributed by atoms with Crippen molar-refractivity contribution < 1.29 is 9.53 Å². The molecule has 21 heavy (non-hydrogen) atoms. The summed E-state index contributed by atoms with van der Waals surface area (Å²) in [6.07, 6.45) is 0.0173. The molecule has 2 unspecified atom stereocenters. The Morgan fingerprint density at radius 2 is 2.19 bits per heavy atom. The maximum Gasteiger partial charge on any atom is 0.234 e. The maximum atomic E-state index is 12.0. The van der Waals surface area contributed by atoms with Crippen LogP contribution in [0.15, 0.2) is 24.3 Å². The molecule has 1 heterocycles. The third kappa shape index (κ3) is 5.12. The van der Waals surface area contributed by atoms with E-state index in [-0.39, 0.29) is 18.1 Å². The van der Waals surface area contributed by atoms with Gasteiger partial charge in [0.25, 0.3) is 0 Å². The Hall–Kier alpha value is -1.43. The number of nitrogens with two attached hydrogens (primary N) is 1. The molecule has 1 saturated heterocycles. The quantitative estimate of drug-likeness (QED) is 0.836. The topological polar surface area (TPSA) is 67.6 Å². The Kier molecular flexibility index (Phi) is 5.73. The van der Waals surface area contributed by atoms with Gasteiger partial charge in [-0.1, -0.05) is 29.8 Å². The van der Waals surface area contributed by atoms with E-state index in [1.165, 1.54) is 5.56 Å². The lowest BCUT2D eigenvalue weighted by molar-refractivity contribution is -0.124. The van der Waals surface area contributed by atoms with Gasteiger partial charge in [0, 0.05) is 25.7 Å². The molecule has 0 aromatic heterocycles. The lowest BCUT2D eigenvalue weighted by Gasteiger charge is -2.34. The maximum absolute atomic E-state index is 12.0. The normalized spacial score (nSPS) is 21.0. The number of nitrogens with one attached hydrogen (secondary N) is 1. The standard InChI is InChI=1S/C16H25N3O2/c1-12-3-5-14(6-4-12)9-18-16(20)11-19-7-8-21-15(10-19)13(2)17/h3-6,13,15H,7-11,17H2,1-2H3,(H,18,20). The highest BCUT2D eigenvalue weighted by Crippen LogP contribution is 2.07. The summed E-state index contributed by atoms with van der Waals surface area (Å²) >= 11 is 0. The number of morpholine rings is 1. The number of amides is 1. The molecule has 1 aliphatic heterocycles. The molecule has 3 N–H and O–H groups in total. The van der Waals surface area contributed by atoms with Crippen LogP contribution in [0.25, 0.3) is 0 Å². The van der Waals surface area contributed by atoms with Gasteiger partial charge in [0.05, 0.1) is 19.3 Å². The van der Waals surface area contributed by atoms with Crippen LogP contribution >= 0.6 is 0 Å². The van der Waals surface area contributed by atoms with Crippen LogP contribution in [0.4, 0.5) is 0 Å². The number of hydrogen-bond acceptors (Lipinski definition) is 4. The number of benzene rings is 1. The third-order valence-corrected chi connectivity index (χ3v) is 3.74. The summed E-state index contributed by atoms with van der Waals surface area (Å²) < 4.78 is 5.59. The number of carbonyl (C=O) groups excluding carboxylic acids is 1. The average Bonchev–Trinajstić information content (AvgIpc) is 2.47. The zero-order valence-electron chi connectivity index (χ0n) is 12.8. The van der Waals surface area contributed by atoms with Crippen LogP contribution in [0, 0.1) is 6.92 Å². The lowest BCUT2D eigenvalue weighted by Crippen LogP contribution is -2.51. The molecule has 1 aromatic carbocycles. The number of ether oxygens (including phenoxy) is 1. The Morgan fingerprint density at radius 1 is 1.48 bits per heavy atom. The van der Waals surface area contributed by atoms with Gasteiger partial charge in [0.1, 0.15) is 0 Å². The highest BCUT2D eigenvalue weighted by molar-refractivity contribution is 5.78. The zero-order valence-corrected chi connectivity index (χ0v) is 12.8. The molecule has 0 spiro atoms. The van der Waals surface area contributed by atoms with Crippen LogP contribution in [-0.4, -0.2) is 49.2 Å². The summed E-state index contributed by atoms with van der Waals surface area (Å²) in [5, 5.41) is 2.96. The van der Waals surface area contributed by atoms with Gasteiger partial charge in [0.15, 0.2) is 0 Å². The first-order chi connectivity index (χ1) is 10.0. The van der Waals surface area contributed by atoms with Gasteiger partial charge in [-0.15, -0.1) is 0 Å². The van der Waals surface area contributed by atoms with E-state index in [0.717, 1.165) is 18.7 Å². The minimum Gasteiger partial charge on any atom is -0.374 e. The summed E-state index contributed by atoms with van der Waals surface area (Å²) in [5.74, 6) is 0.0425. The van der Waals surface area contributed by atoms with E-state index >= 15 is 0 Å². The SMILES string of the molecule is Cc1ccc(CNC(=O)CN2CCOC(C(C)N)C2)cc1. The molecule has 1 fully saturated rings. The lowest BCUT2D eigenvalue weighted by atomic mass is 10.1. The second-order valence-corrected chi connectivity index (χ2v) is 5.77. The van der Waals surface area contributed by atoms with Crippen LogP contribution in [0.5, 0.6) is 0 Å². The van der Waals surface area contributed by atoms with Crippen LogP contribution < -0.4 is 11.1 Å². The van der Waals surface area contributed by atoms with Gasteiger partial charge in [-0.2, -0.15) is 0 Å². The Balaban J connectivity index is 1.75. The average molecular weight is 291 g/mol. The van der Waals surface area contributed by atoms with Crippen LogP contribution in [0.3, 0.4) is 0 Å². The number of rotatable bonds is 5. The highest BCUT2D eigenvalue weighted by atomic mass is 16.5. The van der Waals surface area contributed by atoms with Gasteiger partial charge in [-0.3, -0.25) is 9.69 Å². The number of hydrogen-bond donors (Lipinski definition) is 2. The third-order valence-electron chi connectivity index (χ3n) is 3.74. The van der Waals surface area contributed by atoms with Crippen molar-refractivity contribution in [1.29, 1.82) is 0 Å². The second kappa shape index (κ2) is 7.54. The molecule has 0 aliphatic carbocycles. The first kappa shape index (κ1) is 15.9. The van der Waals surface area contributed by atoms with Gasteiger partial charge >= 0.3 is 0 Å². The number of carbonyl (C=O) groups is 1. The van der Waals surface area contributed by atoms with E-state index in [1.54, 1.807) is 0 Å². The zero-order chi connectivity index (χ0) is 15.2. The molecule has 0 saturated carbocycles. The van der Waals surface area contributed by atoms with Gasteiger partial charge in [-0.25, -0.2) is 0 Å². The molecular weight excluding hydrogens is 266 g/mol. The summed E-state index contributed by atoms with van der Waals surface area (Å²) in [5.41, 5.74) is 8.19. The molecule has 2 atom stereocenters. The molecule has 116 valence electrons. The van der Waals surface area contributed by atoms with E-state index in [1.807, 2.05) is 19.1 Å². The van der Waals surface area contributed by atoms with E-state index in [4.69, 9.17) is 10.5 Å². The van der Waals surface area contributed by atoms with Gasteiger partial charge < -0.3 is 15.8 Å². The smallest absolute Gasteiger partial charge is 0.234 e. The van der Waals surface area contributed by atoms with Gasteiger partial charge in [-0.05, 0) is 19.4 Å². The fourth-order valence-electron chi connectivity index (χ4n) is 2.36. The fourth-order valence-corrected chi connectivity index (χ4v) is 2.36. The fraction of sp³-hybridized carbons (Fsp3) is 0.562. The van der Waals surface area contributed by atoms with Gasteiger partial charge in [0.2, 0.25) is 5.91 Å².